The van der Waals surface area contributed by atoms with Gasteiger partial charge in [-0.25, -0.2) is 24.5 Å². The summed E-state index contributed by atoms with van der Waals surface area (Å²) in [5, 5.41) is 16.9. The Kier molecular flexibility index (Phi) is 15.2. The third kappa shape index (κ3) is 12.8. The van der Waals surface area contributed by atoms with Gasteiger partial charge in [-0.05, 0) is 143 Å². The molecule has 0 saturated carbocycles. The number of nitrogen functional groups attached to an aromatic ring is 1. The topological polar surface area (TPSA) is 256 Å². The number of rotatable bonds is 4. The van der Waals surface area contributed by atoms with Crippen LogP contribution in [0.3, 0.4) is 0 Å². The zero-order valence-corrected chi connectivity index (χ0v) is 35.9. The normalized spacial score (nSPS) is 10.9. The Balaban J connectivity index is 0.000000167. The minimum absolute atomic E-state index is 0.191. The van der Waals surface area contributed by atoms with E-state index in [-0.39, 0.29) is 16.8 Å². The Labute approximate surface area is 373 Å². The molecule has 2 aromatic carbocycles. The van der Waals surface area contributed by atoms with Crippen molar-refractivity contribution in [1.82, 2.24) is 29.9 Å². The maximum atomic E-state index is 12.5. The Morgan fingerprint density at radius 2 is 1.06 bits per heavy atom. The van der Waals surface area contributed by atoms with Crippen molar-refractivity contribution in [3.05, 3.63) is 150 Å². The molecule has 0 aliphatic rings. The van der Waals surface area contributed by atoms with E-state index in [1.54, 1.807) is 42.6 Å². The molecule has 0 radical (unpaired) electrons. The number of aromatic carboxylic acids is 1. The van der Waals surface area contributed by atoms with Crippen molar-refractivity contribution in [2.45, 2.75) is 12.4 Å². The molecular weight excluding hydrogens is 1040 g/mol. The van der Waals surface area contributed by atoms with Gasteiger partial charge in [0.05, 0.1) is 38.9 Å². The van der Waals surface area contributed by atoms with E-state index >= 15 is 0 Å². The summed E-state index contributed by atoms with van der Waals surface area (Å²) in [5.41, 5.74) is 17.1. The smallest absolute Gasteiger partial charge is 0.416 e. The molecule has 0 atom stereocenters. The monoisotopic (exact) mass is 1060 g/mol. The number of anilines is 3. The molecular formula is C38H25Br3F6N12O4. The number of amides is 3. The van der Waals surface area contributed by atoms with Gasteiger partial charge in [-0.3, -0.25) is 4.79 Å². The summed E-state index contributed by atoms with van der Waals surface area (Å²) >= 11 is 9.63. The number of halogens is 9. The summed E-state index contributed by atoms with van der Waals surface area (Å²) in [6, 6.07) is 18.6. The van der Waals surface area contributed by atoms with E-state index in [4.69, 9.17) is 16.4 Å². The number of nitrogens with two attached hydrogens (primary N) is 1. The lowest BCUT2D eigenvalue weighted by atomic mass is 10.2. The van der Waals surface area contributed by atoms with Gasteiger partial charge >= 0.3 is 24.4 Å². The second-order valence-corrected chi connectivity index (χ2v) is 14.7. The number of carbonyl (C=O) groups excluding carboxylic acids is 2. The van der Waals surface area contributed by atoms with Gasteiger partial charge in [0.25, 0.3) is 5.91 Å². The Bertz CT molecular complexity index is 2970. The molecule has 8 rings (SSSR count). The molecule has 324 valence electrons. The van der Waals surface area contributed by atoms with Crippen molar-refractivity contribution in [2.75, 3.05) is 16.4 Å². The molecule has 63 heavy (non-hydrogen) atoms. The number of H-pyrrole nitrogens is 3. The highest BCUT2D eigenvalue weighted by molar-refractivity contribution is 9.11. The van der Waals surface area contributed by atoms with Crippen LogP contribution < -0.4 is 16.4 Å². The number of urea groups is 1. The maximum Gasteiger partial charge on any atom is 0.416 e. The van der Waals surface area contributed by atoms with Crippen LogP contribution in [0.1, 0.15) is 31.8 Å². The average Bonchev–Trinajstić information content (AvgIpc) is 3.95. The van der Waals surface area contributed by atoms with Gasteiger partial charge < -0.3 is 36.4 Å². The Hall–Kier alpha value is -6.95. The van der Waals surface area contributed by atoms with Crippen molar-refractivity contribution < 1.29 is 45.8 Å². The lowest BCUT2D eigenvalue weighted by Crippen LogP contribution is -2.19. The third-order valence-corrected chi connectivity index (χ3v) is 9.34. The van der Waals surface area contributed by atoms with Gasteiger partial charge in [0.1, 0.15) is 35.9 Å². The highest BCUT2D eigenvalue weighted by Gasteiger charge is 2.30. The van der Waals surface area contributed by atoms with Crippen LogP contribution in [-0.2, 0) is 12.4 Å². The molecule has 0 unspecified atom stereocenters. The molecule has 0 fully saturated rings. The molecule has 6 aromatic heterocycles. The van der Waals surface area contributed by atoms with Gasteiger partial charge in [0.2, 0.25) is 0 Å². The Morgan fingerprint density at radius 1 is 0.635 bits per heavy atom. The SMILES string of the molecule is Nc1ccc(C(F)(F)F)cc1.O=C(Nc1ccc(C(F)(F)F)cc1)Nc1c[nH]c2ccc(Br)nc12.O=C(O)c1c[nH]c2ccc(Br)nc12.[N-]=[N+]=NC(=O)c1c[nH]c2ccc(Br)nc12. The Morgan fingerprint density at radius 3 is 1.54 bits per heavy atom. The molecule has 0 spiro atoms. The van der Waals surface area contributed by atoms with Gasteiger partial charge in [-0.1, -0.05) is 0 Å². The minimum Gasteiger partial charge on any atom is -0.478 e. The summed E-state index contributed by atoms with van der Waals surface area (Å²) in [6.07, 6.45) is -4.19. The van der Waals surface area contributed by atoms with Gasteiger partial charge in [0, 0.05) is 34.9 Å². The van der Waals surface area contributed by atoms with Crippen LogP contribution in [0.4, 0.5) is 48.2 Å². The number of azide groups is 1. The summed E-state index contributed by atoms with van der Waals surface area (Å²) < 4.78 is 75.0. The van der Waals surface area contributed by atoms with Crippen molar-refractivity contribution >= 4 is 116 Å². The zero-order valence-electron chi connectivity index (χ0n) is 31.1. The number of pyridine rings is 3. The standard InChI is InChI=1S/C15H10BrF3N4O.C8H4BrN5O.C8H5BrN2O2.C7H6F3N/c16-12-6-5-10-13(23-12)11(7-20-10)22-14(24)21-9-3-1-8(2-4-9)15(17,18)19;9-6-2-1-5-7(12-6)4(3-11-5)8(15)13-14-10;9-6-2-1-5-7(11-6)4(3-10-5)8(12)13;8-7(9,10)5-1-3-6(11)4-2-5/h1-7,20H,(H2,21,22,24);1-3,11H;1-3,10H,(H,12,13);1-4H,11H2. The van der Waals surface area contributed by atoms with E-state index in [0.29, 0.717) is 41.7 Å². The highest BCUT2D eigenvalue weighted by atomic mass is 79.9. The molecule has 0 aliphatic carbocycles. The first-order valence-electron chi connectivity index (χ1n) is 17.1. The second-order valence-electron chi connectivity index (χ2n) is 12.3. The first-order chi connectivity index (χ1) is 29.7. The molecule has 25 heteroatoms. The number of carboxylic acids is 1. The van der Waals surface area contributed by atoms with Gasteiger partial charge in [-0.2, -0.15) is 26.3 Å². The number of hydrogen-bond acceptors (Lipinski definition) is 7. The molecule has 6 heterocycles. The molecule has 3 amide bonds. The van der Waals surface area contributed by atoms with Gasteiger partial charge in [-0.15, -0.1) is 0 Å². The summed E-state index contributed by atoms with van der Waals surface area (Å²) in [7, 11) is 0. The van der Waals surface area contributed by atoms with E-state index in [2.05, 4.69) is 98.4 Å². The summed E-state index contributed by atoms with van der Waals surface area (Å²) in [5.74, 6) is -1.62. The largest absolute Gasteiger partial charge is 0.478 e. The first kappa shape index (κ1) is 47.1. The van der Waals surface area contributed by atoms with E-state index in [1.807, 2.05) is 0 Å². The fourth-order valence-corrected chi connectivity index (χ4v) is 6.07. The number of carboxylic acid groups (broad SMARTS) is 1. The van der Waals surface area contributed by atoms with E-state index in [1.165, 1.54) is 36.7 Å². The molecule has 0 bridgehead atoms. The number of aromatic amines is 3. The molecule has 16 nitrogen and oxygen atoms in total. The van der Waals surface area contributed by atoms with Crippen LogP contribution in [0.2, 0.25) is 0 Å². The zero-order chi connectivity index (χ0) is 46.1. The number of benzene rings is 2. The second kappa shape index (κ2) is 20.3. The van der Waals surface area contributed by atoms with Crippen LogP contribution in [0, 0.1) is 0 Å². The number of nitrogens with zero attached hydrogens (tertiary/aromatic N) is 6. The minimum atomic E-state index is -4.41. The van der Waals surface area contributed by atoms with Gasteiger partial charge in [0.15, 0.2) is 0 Å². The summed E-state index contributed by atoms with van der Waals surface area (Å²) in [6.45, 7) is 0. The third-order valence-electron chi connectivity index (χ3n) is 8.02. The van der Waals surface area contributed by atoms with Crippen LogP contribution in [-0.4, -0.2) is 52.9 Å². The van der Waals surface area contributed by atoms with Crippen molar-refractivity contribution in [2.24, 2.45) is 5.11 Å². The van der Waals surface area contributed by atoms with Crippen molar-refractivity contribution in [1.29, 1.82) is 0 Å². The predicted molar refractivity (Wildman–Crippen MR) is 232 cm³/mol. The van der Waals surface area contributed by atoms with Crippen molar-refractivity contribution in [3.63, 3.8) is 0 Å². The van der Waals surface area contributed by atoms with E-state index in [9.17, 15) is 40.7 Å². The lowest BCUT2D eigenvalue weighted by Gasteiger charge is -2.09. The van der Waals surface area contributed by atoms with Crippen molar-refractivity contribution in [3.8, 4) is 0 Å². The number of carbonyl (C=O) groups is 3. The molecule has 8 aromatic rings. The molecule has 8 N–H and O–H groups in total. The fraction of sp³-hybridized carbons (Fsp3) is 0.0526. The number of aromatic nitrogens is 6. The van der Waals surface area contributed by atoms with Crippen LogP contribution in [0.25, 0.3) is 43.5 Å². The van der Waals surface area contributed by atoms with Crippen LogP contribution >= 0.6 is 47.8 Å². The van der Waals surface area contributed by atoms with Crippen LogP contribution in [0.15, 0.2) is 122 Å². The fourth-order valence-electron chi connectivity index (χ4n) is 5.14. The number of nitrogens with one attached hydrogen (secondary N) is 5. The van der Waals surface area contributed by atoms with E-state index < -0.39 is 41.4 Å². The highest BCUT2D eigenvalue weighted by Crippen LogP contribution is 2.31. The average molecular weight is 1070 g/mol. The number of alkyl halides is 6. The lowest BCUT2D eigenvalue weighted by molar-refractivity contribution is -0.138. The maximum absolute atomic E-state index is 12.5. The first-order valence-corrected chi connectivity index (χ1v) is 19.5. The molecule has 0 saturated heterocycles. The predicted octanol–water partition coefficient (Wildman–Crippen LogP) is 12.1. The number of hydrogen-bond donors (Lipinski definition) is 7. The molecule has 0 aliphatic heterocycles. The number of fused-ring (bicyclic) bond motifs is 3. The van der Waals surface area contributed by atoms with Crippen LogP contribution in [0.5, 0.6) is 0 Å². The van der Waals surface area contributed by atoms with E-state index in [0.717, 1.165) is 40.8 Å². The quantitative estimate of drug-likeness (QED) is 0.0222. The summed E-state index contributed by atoms with van der Waals surface area (Å²) in [4.78, 5) is 57.6.